The molecule has 0 saturated carbocycles. The van der Waals surface area contributed by atoms with Crippen LogP contribution in [0.4, 0.5) is 0 Å². The van der Waals surface area contributed by atoms with Crippen molar-refractivity contribution in [2.75, 3.05) is 0 Å². The van der Waals surface area contributed by atoms with E-state index in [4.69, 9.17) is 4.74 Å². The highest BCUT2D eigenvalue weighted by molar-refractivity contribution is 5.54. The summed E-state index contributed by atoms with van der Waals surface area (Å²) in [5, 5.41) is 10.2. The average molecular weight is 173 g/mol. The monoisotopic (exact) mass is 173 g/mol. The molecule has 3 rings (SSSR count). The molecule has 0 saturated heterocycles. The van der Waals surface area contributed by atoms with Gasteiger partial charge in [-0.05, 0) is 18.2 Å². The van der Waals surface area contributed by atoms with Crippen molar-refractivity contribution in [3.63, 3.8) is 0 Å². The van der Waals surface area contributed by atoms with Crippen molar-refractivity contribution in [2.24, 2.45) is 0 Å². The highest BCUT2D eigenvalue weighted by Gasteiger charge is 2.43. The topological polar surface area (TPSA) is 42.4 Å². The fourth-order valence-electron chi connectivity index (χ4n) is 1.71. The van der Waals surface area contributed by atoms with Gasteiger partial charge in [0, 0.05) is 11.8 Å². The van der Waals surface area contributed by atoms with Gasteiger partial charge in [0.25, 0.3) is 0 Å². The Morgan fingerprint density at radius 2 is 2.38 bits per heavy atom. The molecule has 3 heteroatoms. The maximum absolute atomic E-state index is 10.2. The van der Waals surface area contributed by atoms with Crippen molar-refractivity contribution < 1.29 is 9.84 Å². The van der Waals surface area contributed by atoms with Gasteiger partial charge in [-0.3, -0.25) is 4.98 Å². The summed E-state index contributed by atoms with van der Waals surface area (Å²) >= 11 is 0. The summed E-state index contributed by atoms with van der Waals surface area (Å²) < 4.78 is 5.42. The summed E-state index contributed by atoms with van der Waals surface area (Å²) in [6.07, 6.45) is 8.53. The predicted molar refractivity (Wildman–Crippen MR) is 46.0 cm³/mol. The number of pyridine rings is 1. The van der Waals surface area contributed by atoms with Gasteiger partial charge in [0.05, 0.1) is 6.20 Å². The lowest BCUT2D eigenvalue weighted by atomic mass is 9.97. The van der Waals surface area contributed by atoms with Gasteiger partial charge in [-0.2, -0.15) is 0 Å². The van der Waals surface area contributed by atoms with Crippen LogP contribution in [0.5, 0.6) is 5.75 Å². The molecule has 1 aromatic rings. The van der Waals surface area contributed by atoms with Gasteiger partial charge in [-0.15, -0.1) is 0 Å². The quantitative estimate of drug-likeness (QED) is 0.639. The van der Waals surface area contributed by atoms with E-state index in [9.17, 15) is 5.11 Å². The number of rotatable bonds is 0. The van der Waals surface area contributed by atoms with Crippen molar-refractivity contribution in [2.45, 2.75) is 5.60 Å². The third-order valence-corrected chi connectivity index (χ3v) is 2.38. The minimum absolute atomic E-state index is 0.565. The number of aliphatic hydroxyl groups is 1. The molecule has 2 aliphatic rings. The summed E-state index contributed by atoms with van der Waals surface area (Å²) in [4.78, 5) is 3.93. The van der Waals surface area contributed by atoms with Gasteiger partial charge < -0.3 is 9.84 Å². The minimum Gasteiger partial charge on any atom is -0.456 e. The van der Waals surface area contributed by atoms with Crippen molar-refractivity contribution in [1.29, 1.82) is 0 Å². The normalized spacial score (nSPS) is 27.9. The van der Waals surface area contributed by atoms with E-state index in [1.807, 2.05) is 0 Å². The zero-order valence-electron chi connectivity index (χ0n) is 6.77. The van der Waals surface area contributed by atoms with Crippen molar-refractivity contribution in [3.8, 4) is 5.75 Å². The van der Waals surface area contributed by atoms with Gasteiger partial charge in [-0.25, -0.2) is 0 Å². The molecule has 1 unspecified atom stereocenters. The van der Waals surface area contributed by atoms with Crippen LogP contribution in [-0.2, 0) is 5.60 Å². The van der Waals surface area contributed by atoms with E-state index < -0.39 is 5.60 Å². The van der Waals surface area contributed by atoms with Gasteiger partial charge in [0.2, 0.25) is 0 Å². The number of nitrogens with zero attached hydrogens (tertiary/aromatic N) is 1. The van der Waals surface area contributed by atoms with Crippen LogP contribution >= 0.6 is 0 Å². The molecule has 2 heterocycles. The van der Waals surface area contributed by atoms with Gasteiger partial charge >= 0.3 is 0 Å². The third-order valence-electron chi connectivity index (χ3n) is 2.38. The van der Waals surface area contributed by atoms with Crippen molar-refractivity contribution in [1.82, 2.24) is 4.98 Å². The zero-order chi connectivity index (χ0) is 8.89. The van der Waals surface area contributed by atoms with E-state index in [-0.39, 0.29) is 0 Å². The van der Waals surface area contributed by atoms with E-state index in [0.717, 1.165) is 5.56 Å². The van der Waals surface area contributed by atoms with E-state index in [0.29, 0.717) is 11.5 Å². The summed E-state index contributed by atoms with van der Waals surface area (Å²) in [5.41, 5.74) is -0.277. The van der Waals surface area contributed by atoms with Crippen LogP contribution < -0.4 is 4.74 Å². The highest BCUT2D eigenvalue weighted by atomic mass is 16.5. The van der Waals surface area contributed by atoms with Crippen LogP contribution in [0.15, 0.2) is 42.4 Å². The lowest BCUT2D eigenvalue weighted by Gasteiger charge is -2.14. The maximum Gasteiger partial charge on any atom is 0.170 e. The van der Waals surface area contributed by atoms with Crippen LogP contribution in [0.1, 0.15) is 5.56 Å². The Morgan fingerprint density at radius 1 is 1.46 bits per heavy atom. The lowest BCUT2D eigenvalue weighted by molar-refractivity contribution is 0.114. The van der Waals surface area contributed by atoms with E-state index in [2.05, 4.69) is 4.98 Å². The fourth-order valence-corrected chi connectivity index (χ4v) is 1.71. The number of allylic oxidation sites excluding steroid dienone is 2. The second kappa shape index (κ2) is 2.00. The first-order valence-electron chi connectivity index (χ1n) is 4.05. The maximum atomic E-state index is 10.2. The Bertz CT molecular complexity index is 436. The average Bonchev–Trinajstić information content (AvgIpc) is 2.60. The number of ether oxygens (including phenoxy) is 1. The van der Waals surface area contributed by atoms with E-state index in [1.54, 1.807) is 36.7 Å². The highest BCUT2D eigenvalue weighted by Crippen LogP contribution is 2.46. The molecule has 13 heavy (non-hydrogen) atoms. The summed E-state index contributed by atoms with van der Waals surface area (Å²) in [6.45, 7) is 0. The van der Waals surface area contributed by atoms with Gasteiger partial charge in [0.1, 0.15) is 5.76 Å². The van der Waals surface area contributed by atoms with Crippen LogP contribution in [0.25, 0.3) is 0 Å². The molecule has 0 aromatic carbocycles. The second-order valence-corrected chi connectivity index (χ2v) is 3.13. The number of hydrogen-bond donors (Lipinski definition) is 1. The second-order valence-electron chi connectivity index (χ2n) is 3.13. The molecule has 64 valence electrons. The molecule has 1 atom stereocenters. The Hall–Kier alpha value is -1.61. The SMILES string of the molecule is OC12C=CC=C1Oc1cnccc12. The minimum atomic E-state index is -1.04. The first-order chi connectivity index (χ1) is 6.31. The molecular weight excluding hydrogens is 166 g/mol. The first kappa shape index (κ1) is 6.86. The summed E-state index contributed by atoms with van der Waals surface area (Å²) in [7, 11) is 0. The Kier molecular flexibility index (Phi) is 1.06. The van der Waals surface area contributed by atoms with Crippen LogP contribution in [0.2, 0.25) is 0 Å². The molecule has 1 N–H and O–H groups in total. The van der Waals surface area contributed by atoms with E-state index >= 15 is 0 Å². The Balaban J connectivity index is 2.29. The molecular formula is C10H7NO2. The fraction of sp³-hybridized carbons (Fsp3) is 0.100. The molecule has 1 aliphatic carbocycles. The molecule has 0 amide bonds. The summed E-state index contributed by atoms with van der Waals surface area (Å²) in [6, 6.07) is 1.77. The molecule has 0 bridgehead atoms. The largest absolute Gasteiger partial charge is 0.456 e. The summed E-state index contributed by atoms with van der Waals surface area (Å²) in [5.74, 6) is 1.20. The smallest absolute Gasteiger partial charge is 0.170 e. The van der Waals surface area contributed by atoms with Crippen LogP contribution in [0, 0.1) is 0 Å². The van der Waals surface area contributed by atoms with Gasteiger partial charge in [-0.1, -0.05) is 6.08 Å². The molecule has 3 nitrogen and oxygen atoms in total. The molecule has 0 spiro atoms. The molecule has 1 aliphatic heterocycles. The van der Waals surface area contributed by atoms with Crippen molar-refractivity contribution >= 4 is 0 Å². The van der Waals surface area contributed by atoms with Gasteiger partial charge in [0.15, 0.2) is 11.4 Å². The standard InChI is InChI=1S/C10H7NO2/c12-10-4-1-2-9(10)13-8-6-11-5-3-7(8)10/h1-6,12H. The Labute approximate surface area is 75.0 Å². The Morgan fingerprint density at radius 3 is 3.31 bits per heavy atom. The predicted octanol–water partition coefficient (Wildman–Crippen LogP) is 1.12. The molecule has 1 aromatic heterocycles. The zero-order valence-corrected chi connectivity index (χ0v) is 6.77. The van der Waals surface area contributed by atoms with E-state index in [1.165, 1.54) is 0 Å². The van der Waals surface area contributed by atoms with Crippen LogP contribution in [-0.4, -0.2) is 10.1 Å². The molecule has 0 radical (unpaired) electrons. The number of hydrogen-bond acceptors (Lipinski definition) is 3. The lowest BCUT2D eigenvalue weighted by Crippen LogP contribution is -2.19. The number of fused-ring (bicyclic) bond motifs is 3. The van der Waals surface area contributed by atoms with Crippen molar-refractivity contribution in [3.05, 3.63) is 48.0 Å². The number of aromatic nitrogens is 1. The van der Waals surface area contributed by atoms with Crippen LogP contribution in [0.3, 0.4) is 0 Å². The molecule has 0 fully saturated rings. The first-order valence-corrected chi connectivity index (χ1v) is 4.05. The third kappa shape index (κ3) is 0.697.